The third kappa shape index (κ3) is 3.72. The van der Waals surface area contributed by atoms with Gasteiger partial charge < -0.3 is 10.6 Å². The fourth-order valence-electron chi connectivity index (χ4n) is 1.87. The van der Waals surface area contributed by atoms with Crippen molar-refractivity contribution in [1.82, 2.24) is 14.8 Å². The lowest BCUT2D eigenvalue weighted by atomic mass is 10.2. The van der Waals surface area contributed by atoms with Gasteiger partial charge in [0.2, 0.25) is 0 Å². The predicted molar refractivity (Wildman–Crippen MR) is 83.9 cm³/mol. The Morgan fingerprint density at radius 3 is 2.86 bits per heavy atom. The SMILES string of the molecule is CCCNc1cc(C(=O)Nc2cn(C)nc2C)c(Cl)cn1. The molecule has 0 atom stereocenters. The third-order valence-corrected chi connectivity index (χ3v) is 3.22. The molecule has 1 amide bonds. The number of nitrogens with zero attached hydrogens (tertiary/aromatic N) is 3. The number of carbonyl (C=O) groups is 1. The summed E-state index contributed by atoms with van der Waals surface area (Å²) in [6, 6.07) is 1.65. The Kier molecular flexibility index (Phi) is 4.80. The van der Waals surface area contributed by atoms with Crippen LogP contribution in [0.3, 0.4) is 0 Å². The molecule has 0 aromatic carbocycles. The van der Waals surface area contributed by atoms with Crippen molar-refractivity contribution < 1.29 is 4.79 Å². The minimum absolute atomic E-state index is 0.280. The molecule has 0 radical (unpaired) electrons. The van der Waals surface area contributed by atoms with Gasteiger partial charge in [-0.25, -0.2) is 4.98 Å². The highest BCUT2D eigenvalue weighted by Gasteiger charge is 2.14. The standard InChI is InChI=1S/C14H18ClN5O/c1-4-5-16-13-6-10(11(15)7-17-13)14(21)18-12-8-20(3)19-9(12)2/h6-8H,4-5H2,1-3H3,(H,16,17)(H,18,21). The molecule has 0 aliphatic carbocycles. The summed E-state index contributed by atoms with van der Waals surface area (Å²) in [6.07, 6.45) is 4.20. The number of pyridine rings is 1. The first kappa shape index (κ1) is 15.3. The van der Waals surface area contributed by atoms with E-state index < -0.39 is 0 Å². The topological polar surface area (TPSA) is 71.8 Å². The van der Waals surface area contributed by atoms with Crippen LogP contribution in [0.4, 0.5) is 11.5 Å². The molecule has 2 rings (SSSR count). The van der Waals surface area contributed by atoms with Crippen LogP contribution in [-0.4, -0.2) is 27.2 Å². The molecule has 2 aromatic heterocycles. The average molecular weight is 308 g/mol. The van der Waals surface area contributed by atoms with Crippen molar-refractivity contribution in [2.75, 3.05) is 17.2 Å². The van der Waals surface area contributed by atoms with E-state index in [9.17, 15) is 4.79 Å². The normalized spacial score (nSPS) is 10.5. The van der Waals surface area contributed by atoms with E-state index in [1.165, 1.54) is 6.20 Å². The predicted octanol–water partition coefficient (Wildman–Crippen LogP) is 2.85. The first-order valence-corrected chi connectivity index (χ1v) is 7.10. The Morgan fingerprint density at radius 1 is 1.48 bits per heavy atom. The summed E-state index contributed by atoms with van der Waals surface area (Å²) in [7, 11) is 1.80. The molecule has 0 unspecified atom stereocenters. The number of aryl methyl sites for hydroxylation is 2. The molecule has 0 aliphatic rings. The molecule has 21 heavy (non-hydrogen) atoms. The lowest BCUT2D eigenvalue weighted by Crippen LogP contribution is -2.14. The smallest absolute Gasteiger partial charge is 0.257 e. The Balaban J connectivity index is 2.20. The van der Waals surface area contributed by atoms with Gasteiger partial charge in [-0.3, -0.25) is 9.48 Å². The maximum Gasteiger partial charge on any atom is 0.257 e. The molecular formula is C14H18ClN5O. The Morgan fingerprint density at radius 2 is 2.24 bits per heavy atom. The molecule has 0 bridgehead atoms. The van der Waals surface area contributed by atoms with Gasteiger partial charge in [0.1, 0.15) is 5.82 Å². The molecule has 6 nitrogen and oxygen atoms in total. The molecule has 112 valence electrons. The number of hydrogen-bond acceptors (Lipinski definition) is 4. The molecule has 0 saturated heterocycles. The second kappa shape index (κ2) is 6.58. The van der Waals surface area contributed by atoms with Gasteiger partial charge in [0, 0.05) is 26.0 Å². The van der Waals surface area contributed by atoms with Gasteiger partial charge in [-0.1, -0.05) is 18.5 Å². The Hall–Kier alpha value is -2.08. The lowest BCUT2D eigenvalue weighted by Gasteiger charge is -2.08. The third-order valence-electron chi connectivity index (χ3n) is 2.92. The van der Waals surface area contributed by atoms with Crippen LogP contribution >= 0.6 is 11.6 Å². The number of carbonyl (C=O) groups excluding carboxylic acids is 1. The molecular weight excluding hydrogens is 290 g/mol. The number of anilines is 2. The molecule has 0 fully saturated rings. The minimum Gasteiger partial charge on any atom is -0.370 e. The Bertz CT molecular complexity index is 653. The van der Waals surface area contributed by atoms with Crippen LogP contribution in [0.15, 0.2) is 18.5 Å². The van der Waals surface area contributed by atoms with E-state index in [0.29, 0.717) is 22.1 Å². The highest BCUT2D eigenvalue weighted by molar-refractivity contribution is 6.34. The molecule has 7 heteroatoms. The van der Waals surface area contributed by atoms with Crippen molar-refractivity contribution in [2.45, 2.75) is 20.3 Å². The Labute approximate surface area is 128 Å². The zero-order valence-electron chi connectivity index (χ0n) is 12.3. The van der Waals surface area contributed by atoms with E-state index in [4.69, 9.17) is 11.6 Å². The van der Waals surface area contributed by atoms with E-state index >= 15 is 0 Å². The van der Waals surface area contributed by atoms with Crippen LogP contribution in [0.25, 0.3) is 0 Å². The molecule has 2 N–H and O–H groups in total. The highest BCUT2D eigenvalue weighted by Crippen LogP contribution is 2.20. The largest absolute Gasteiger partial charge is 0.370 e. The van der Waals surface area contributed by atoms with Crippen molar-refractivity contribution in [3.8, 4) is 0 Å². The summed E-state index contributed by atoms with van der Waals surface area (Å²) in [5, 5.41) is 10.4. The van der Waals surface area contributed by atoms with Gasteiger partial charge in [0.15, 0.2) is 0 Å². The van der Waals surface area contributed by atoms with Gasteiger partial charge in [0.05, 0.1) is 22.0 Å². The first-order valence-electron chi connectivity index (χ1n) is 6.72. The molecule has 0 spiro atoms. The van der Waals surface area contributed by atoms with Gasteiger partial charge in [0.25, 0.3) is 5.91 Å². The van der Waals surface area contributed by atoms with Gasteiger partial charge in [-0.2, -0.15) is 5.10 Å². The second-order valence-electron chi connectivity index (χ2n) is 4.73. The van der Waals surface area contributed by atoms with Gasteiger partial charge in [-0.15, -0.1) is 0 Å². The van der Waals surface area contributed by atoms with E-state index in [1.807, 2.05) is 6.92 Å². The number of amides is 1. The fourth-order valence-corrected chi connectivity index (χ4v) is 2.06. The van der Waals surface area contributed by atoms with Crippen LogP contribution < -0.4 is 10.6 Å². The van der Waals surface area contributed by atoms with Crippen LogP contribution in [0.2, 0.25) is 5.02 Å². The van der Waals surface area contributed by atoms with Gasteiger partial charge >= 0.3 is 0 Å². The molecule has 0 saturated carbocycles. The number of rotatable bonds is 5. The van der Waals surface area contributed by atoms with E-state index in [2.05, 4.69) is 27.6 Å². The second-order valence-corrected chi connectivity index (χ2v) is 5.14. The first-order chi connectivity index (χ1) is 10.0. The fraction of sp³-hybridized carbons (Fsp3) is 0.357. The van der Waals surface area contributed by atoms with Crippen molar-refractivity contribution >= 4 is 29.0 Å². The quantitative estimate of drug-likeness (QED) is 0.891. The molecule has 0 aliphatic heterocycles. The highest BCUT2D eigenvalue weighted by atomic mass is 35.5. The average Bonchev–Trinajstić information content (AvgIpc) is 2.75. The van der Waals surface area contributed by atoms with Crippen molar-refractivity contribution in [2.24, 2.45) is 7.05 Å². The summed E-state index contributed by atoms with van der Waals surface area (Å²) >= 11 is 6.06. The number of nitrogens with one attached hydrogen (secondary N) is 2. The monoisotopic (exact) mass is 307 g/mol. The van der Waals surface area contributed by atoms with Crippen molar-refractivity contribution in [3.63, 3.8) is 0 Å². The van der Waals surface area contributed by atoms with E-state index in [1.54, 1.807) is 24.0 Å². The minimum atomic E-state index is -0.280. The number of hydrogen-bond donors (Lipinski definition) is 2. The van der Waals surface area contributed by atoms with E-state index in [0.717, 1.165) is 18.7 Å². The zero-order valence-corrected chi connectivity index (χ0v) is 13.0. The summed E-state index contributed by atoms with van der Waals surface area (Å²) in [5.41, 5.74) is 1.80. The summed E-state index contributed by atoms with van der Waals surface area (Å²) in [6.45, 7) is 4.68. The maximum absolute atomic E-state index is 12.3. The van der Waals surface area contributed by atoms with Gasteiger partial charge in [-0.05, 0) is 19.4 Å². The van der Waals surface area contributed by atoms with Crippen LogP contribution in [0.1, 0.15) is 29.4 Å². The van der Waals surface area contributed by atoms with Crippen LogP contribution in [-0.2, 0) is 7.05 Å². The van der Waals surface area contributed by atoms with Crippen LogP contribution in [0, 0.1) is 6.92 Å². The number of aromatic nitrogens is 3. The molecule has 2 aromatic rings. The number of halogens is 1. The van der Waals surface area contributed by atoms with E-state index in [-0.39, 0.29) is 5.91 Å². The summed E-state index contributed by atoms with van der Waals surface area (Å²) < 4.78 is 1.65. The lowest BCUT2D eigenvalue weighted by molar-refractivity contribution is 0.102. The zero-order chi connectivity index (χ0) is 15.4. The molecule has 2 heterocycles. The van der Waals surface area contributed by atoms with Crippen LogP contribution in [0.5, 0.6) is 0 Å². The summed E-state index contributed by atoms with van der Waals surface area (Å²) in [4.78, 5) is 16.5. The summed E-state index contributed by atoms with van der Waals surface area (Å²) in [5.74, 6) is 0.354. The van der Waals surface area contributed by atoms with Crippen molar-refractivity contribution in [3.05, 3.63) is 34.7 Å². The maximum atomic E-state index is 12.3. The van der Waals surface area contributed by atoms with Crippen molar-refractivity contribution in [1.29, 1.82) is 0 Å².